The summed E-state index contributed by atoms with van der Waals surface area (Å²) in [5.41, 5.74) is 6.17. The van der Waals surface area contributed by atoms with Crippen molar-refractivity contribution in [2.75, 3.05) is 0 Å². The van der Waals surface area contributed by atoms with Gasteiger partial charge in [-0.05, 0) is 36.8 Å². The van der Waals surface area contributed by atoms with Gasteiger partial charge in [0, 0.05) is 20.1 Å². The second-order valence-electron chi connectivity index (χ2n) is 6.67. The molecule has 0 unspecified atom stereocenters. The summed E-state index contributed by atoms with van der Waals surface area (Å²) in [7, 11) is 0. The summed E-state index contributed by atoms with van der Waals surface area (Å²) < 4.78 is 4.05. The van der Waals surface area contributed by atoms with Gasteiger partial charge in [0.15, 0.2) is 0 Å². The quantitative estimate of drug-likeness (QED) is 0.271. The third kappa shape index (κ3) is 4.09. The molecule has 0 atom stereocenters. The fraction of sp³-hybridized carbons (Fsp3) is 0.0870. The number of nitrogens with zero attached hydrogens (tertiary/aromatic N) is 2. The van der Waals surface area contributed by atoms with Gasteiger partial charge in [-0.3, -0.25) is 4.68 Å². The van der Waals surface area contributed by atoms with E-state index < -0.39 is 0 Å². The highest BCUT2D eigenvalue weighted by Crippen LogP contribution is 2.37. The molecule has 4 aromatic rings. The summed E-state index contributed by atoms with van der Waals surface area (Å²) in [6.07, 6.45) is 0. The minimum absolute atomic E-state index is 0.655. The first-order valence-electron chi connectivity index (χ1n) is 8.85. The number of halogens is 3. The van der Waals surface area contributed by atoms with E-state index in [0.29, 0.717) is 11.6 Å². The molecule has 0 saturated carbocycles. The van der Waals surface area contributed by atoms with Crippen LogP contribution in [0.25, 0.3) is 22.5 Å². The van der Waals surface area contributed by atoms with E-state index >= 15 is 0 Å². The Hall–Kier alpha value is -1.88. The van der Waals surface area contributed by atoms with Gasteiger partial charge in [-0.15, -0.1) is 0 Å². The van der Waals surface area contributed by atoms with Crippen LogP contribution in [0.1, 0.15) is 11.1 Å². The Morgan fingerprint density at radius 2 is 1.32 bits per heavy atom. The average molecular weight is 517 g/mol. The van der Waals surface area contributed by atoms with E-state index in [4.69, 9.17) is 16.7 Å². The lowest BCUT2D eigenvalue weighted by atomic mass is 10.1. The van der Waals surface area contributed by atoms with Gasteiger partial charge in [0.1, 0.15) is 5.69 Å². The highest BCUT2D eigenvalue weighted by atomic mass is 79.9. The topological polar surface area (TPSA) is 17.8 Å². The van der Waals surface area contributed by atoms with E-state index in [-0.39, 0.29) is 0 Å². The number of hydrogen-bond acceptors (Lipinski definition) is 1. The first-order valence-corrected chi connectivity index (χ1v) is 10.8. The minimum atomic E-state index is 0.655. The van der Waals surface area contributed by atoms with Crippen molar-refractivity contribution in [3.05, 3.63) is 97.9 Å². The first kappa shape index (κ1) is 19.4. The van der Waals surface area contributed by atoms with Crippen molar-refractivity contribution in [3.63, 3.8) is 0 Å². The normalized spacial score (nSPS) is 11.0. The standard InChI is InChI=1S/C23H17Br2ClN2/c1-15-2-4-16(5-3-15)14-28-23(18-8-12-20(25)13-9-18)21(26)22(27-28)17-6-10-19(24)11-7-17/h2-13H,14H2,1H3. The van der Waals surface area contributed by atoms with Crippen LogP contribution in [0.15, 0.2) is 81.7 Å². The molecular formula is C23H17Br2ClN2. The number of aromatic nitrogens is 2. The van der Waals surface area contributed by atoms with Gasteiger partial charge in [0.25, 0.3) is 0 Å². The molecule has 0 aliphatic heterocycles. The summed E-state index contributed by atoms with van der Waals surface area (Å²) in [5, 5.41) is 5.55. The van der Waals surface area contributed by atoms with Gasteiger partial charge >= 0.3 is 0 Å². The zero-order valence-corrected chi connectivity index (χ0v) is 19.1. The predicted octanol–water partition coefficient (Wildman–Crippen LogP) is 7.75. The fourth-order valence-corrected chi connectivity index (χ4v) is 3.98. The van der Waals surface area contributed by atoms with Crippen LogP contribution in [0, 0.1) is 6.92 Å². The van der Waals surface area contributed by atoms with Crippen LogP contribution in [-0.4, -0.2) is 9.78 Å². The van der Waals surface area contributed by atoms with Gasteiger partial charge < -0.3 is 0 Å². The molecule has 0 aliphatic carbocycles. The molecule has 2 nitrogen and oxygen atoms in total. The van der Waals surface area contributed by atoms with E-state index in [2.05, 4.69) is 75.2 Å². The Morgan fingerprint density at radius 3 is 1.89 bits per heavy atom. The summed E-state index contributed by atoms with van der Waals surface area (Å²) in [4.78, 5) is 0. The molecule has 0 radical (unpaired) electrons. The Bertz CT molecular complexity index is 1100. The third-order valence-electron chi connectivity index (χ3n) is 4.58. The molecule has 1 heterocycles. The molecule has 4 rings (SSSR count). The molecule has 28 heavy (non-hydrogen) atoms. The maximum atomic E-state index is 6.86. The monoisotopic (exact) mass is 514 g/mol. The molecule has 1 aromatic heterocycles. The molecular weight excluding hydrogens is 500 g/mol. The molecule has 0 saturated heterocycles. The average Bonchev–Trinajstić information content (AvgIpc) is 3.01. The lowest BCUT2D eigenvalue weighted by molar-refractivity contribution is 0.697. The smallest absolute Gasteiger partial charge is 0.112 e. The van der Waals surface area contributed by atoms with Crippen molar-refractivity contribution in [1.82, 2.24) is 9.78 Å². The van der Waals surface area contributed by atoms with E-state index in [1.54, 1.807) is 0 Å². The second kappa shape index (κ2) is 8.24. The van der Waals surface area contributed by atoms with Crippen LogP contribution in [0.3, 0.4) is 0 Å². The fourth-order valence-electron chi connectivity index (χ4n) is 3.10. The second-order valence-corrected chi connectivity index (χ2v) is 8.88. The van der Waals surface area contributed by atoms with Crippen LogP contribution in [0.4, 0.5) is 0 Å². The summed E-state index contributed by atoms with van der Waals surface area (Å²) >= 11 is 13.9. The zero-order valence-electron chi connectivity index (χ0n) is 15.2. The van der Waals surface area contributed by atoms with Crippen molar-refractivity contribution >= 4 is 43.5 Å². The molecule has 3 aromatic carbocycles. The minimum Gasteiger partial charge on any atom is -0.258 e. The highest BCUT2D eigenvalue weighted by molar-refractivity contribution is 9.10. The van der Waals surface area contributed by atoms with Gasteiger partial charge in [0.2, 0.25) is 0 Å². The van der Waals surface area contributed by atoms with E-state index in [1.165, 1.54) is 11.1 Å². The molecule has 0 N–H and O–H groups in total. The Morgan fingerprint density at radius 1 is 0.786 bits per heavy atom. The lowest BCUT2D eigenvalue weighted by Gasteiger charge is -2.09. The molecule has 0 spiro atoms. The largest absolute Gasteiger partial charge is 0.258 e. The first-order chi connectivity index (χ1) is 13.5. The molecule has 5 heteroatoms. The molecule has 0 fully saturated rings. The van der Waals surface area contributed by atoms with Crippen molar-refractivity contribution < 1.29 is 0 Å². The number of aryl methyl sites for hydroxylation is 1. The van der Waals surface area contributed by atoms with Crippen molar-refractivity contribution in [2.45, 2.75) is 13.5 Å². The zero-order chi connectivity index (χ0) is 19.7. The van der Waals surface area contributed by atoms with Crippen LogP contribution in [0.2, 0.25) is 5.02 Å². The summed E-state index contributed by atoms with van der Waals surface area (Å²) in [6.45, 7) is 2.75. The van der Waals surface area contributed by atoms with E-state index in [0.717, 1.165) is 31.5 Å². The van der Waals surface area contributed by atoms with Crippen LogP contribution >= 0.6 is 43.5 Å². The van der Waals surface area contributed by atoms with Crippen molar-refractivity contribution in [3.8, 4) is 22.5 Å². The number of hydrogen-bond donors (Lipinski definition) is 0. The van der Waals surface area contributed by atoms with Crippen LogP contribution in [0.5, 0.6) is 0 Å². The molecule has 140 valence electrons. The third-order valence-corrected chi connectivity index (χ3v) is 6.00. The maximum absolute atomic E-state index is 6.86. The van der Waals surface area contributed by atoms with Crippen molar-refractivity contribution in [2.24, 2.45) is 0 Å². The molecule has 0 amide bonds. The van der Waals surface area contributed by atoms with Crippen molar-refractivity contribution in [1.29, 1.82) is 0 Å². The number of rotatable bonds is 4. The molecule has 0 aliphatic rings. The van der Waals surface area contributed by atoms with Gasteiger partial charge in [-0.2, -0.15) is 5.10 Å². The summed E-state index contributed by atoms with van der Waals surface area (Å²) in [6, 6.07) is 24.7. The van der Waals surface area contributed by atoms with Crippen LogP contribution in [-0.2, 0) is 6.54 Å². The van der Waals surface area contributed by atoms with Crippen LogP contribution < -0.4 is 0 Å². The Kier molecular flexibility index (Phi) is 5.72. The lowest BCUT2D eigenvalue weighted by Crippen LogP contribution is -2.04. The maximum Gasteiger partial charge on any atom is 0.112 e. The predicted molar refractivity (Wildman–Crippen MR) is 124 cm³/mol. The van der Waals surface area contributed by atoms with E-state index in [1.807, 2.05) is 41.1 Å². The highest BCUT2D eigenvalue weighted by Gasteiger charge is 2.19. The van der Waals surface area contributed by atoms with Gasteiger partial charge in [-0.25, -0.2) is 0 Å². The SMILES string of the molecule is Cc1ccc(Cn2nc(-c3ccc(Br)cc3)c(Cl)c2-c2ccc(Br)cc2)cc1. The Balaban J connectivity index is 1.84. The molecule has 0 bridgehead atoms. The Labute approximate surface area is 186 Å². The summed E-state index contributed by atoms with van der Waals surface area (Å²) in [5.74, 6) is 0. The van der Waals surface area contributed by atoms with Gasteiger partial charge in [-0.1, -0.05) is 97.6 Å². The number of benzene rings is 3. The van der Waals surface area contributed by atoms with E-state index in [9.17, 15) is 0 Å². The van der Waals surface area contributed by atoms with Gasteiger partial charge in [0.05, 0.1) is 17.3 Å².